The molecule has 0 bridgehead atoms. The maximum Gasteiger partial charge on any atom is 0.409 e. The topological polar surface area (TPSA) is 86.7 Å². The lowest BCUT2D eigenvalue weighted by Gasteiger charge is -2.39. The van der Waals surface area contributed by atoms with Crippen LogP contribution in [0.2, 0.25) is 0 Å². The number of carboxylic acid groups (broad SMARTS) is 1. The van der Waals surface area contributed by atoms with Crippen LogP contribution in [-0.2, 0) is 10.0 Å². The fraction of sp³-hybridized carbons (Fsp3) is 0.750. The van der Waals surface area contributed by atoms with Crippen molar-refractivity contribution in [3.8, 4) is 0 Å². The van der Waals surface area contributed by atoms with E-state index < -0.39 is 26.5 Å². The number of amides is 1. The molecule has 1 aliphatic rings. The van der Waals surface area contributed by atoms with E-state index in [9.17, 15) is 18.3 Å². The van der Waals surface area contributed by atoms with Gasteiger partial charge in [0.05, 0.1) is 0 Å². The number of hydrogen-bond acceptors (Lipinski definition) is 3. The first-order valence-corrected chi connectivity index (χ1v) is 7.61. The number of nitrogens with one attached hydrogen (secondary N) is 1. The summed E-state index contributed by atoms with van der Waals surface area (Å²) in [5.74, 6) is 0. The Balaban J connectivity index is 3.16. The van der Waals surface area contributed by atoms with Crippen LogP contribution in [0, 0.1) is 0 Å². The van der Waals surface area contributed by atoms with Gasteiger partial charge in [0.15, 0.2) is 4.87 Å². The fourth-order valence-electron chi connectivity index (χ4n) is 2.10. The van der Waals surface area contributed by atoms with Gasteiger partial charge in [-0.05, 0) is 47.5 Å². The largest absolute Gasteiger partial charge is 0.465 e. The second-order valence-corrected chi connectivity index (χ2v) is 8.08. The highest BCUT2D eigenvalue weighted by Crippen LogP contribution is 2.49. The molecular formula is C12H22N2O4S. The summed E-state index contributed by atoms with van der Waals surface area (Å²) < 4.78 is 27.1. The van der Waals surface area contributed by atoms with Crippen LogP contribution >= 0.6 is 0 Å². The molecule has 1 saturated carbocycles. The molecule has 2 N–H and O–H groups in total. The van der Waals surface area contributed by atoms with E-state index in [0.717, 1.165) is 10.5 Å². The molecule has 0 aliphatic heterocycles. The third-order valence-electron chi connectivity index (χ3n) is 2.95. The molecule has 0 aromatic heterocycles. The molecule has 0 atom stereocenters. The van der Waals surface area contributed by atoms with Gasteiger partial charge in [-0.15, -0.1) is 0 Å². The number of allylic oxidation sites excluding steroid dienone is 1. The van der Waals surface area contributed by atoms with E-state index in [1.165, 1.54) is 6.20 Å². The highest BCUT2D eigenvalue weighted by molar-refractivity contribution is 7.91. The highest BCUT2D eigenvalue weighted by Gasteiger charge is 2.63. The van der Waals surface area contributed by atoms with Crippen LogP contribution in [0.5, 0.6) is 0 Å². The van der Waals surface area contributed by atoms with Gasteiger partial charge in [-0.3, -0.25) is 9.62 Å². The van der Waals surface area contributed by atoms with Gasteiger partial charge in [0.25, 0.3) is 10.0 Å². The van der Waals surface area contributed by atoms with Gasteiger partial charge >= 0.3 is 6.09 Å². The van der Waals surface area contributed by atoms with Crippen molar-refractivity contribution in [3.05, 3.63) is 11.8 Å². The Kier molecular flexibility index (Phi) is 3.91. The first-order valence-electron chi connectivity index (χ1n) is 6.12. The van der Waals surface area contributed by atoms with E-state index in [1.54, 1.807) is 34.6 Å². The molecule has 1 fully saturated rings. The van der Waals surface area contributed by atoms with Gasteiger partial charge in [0.1, 0.15) is 0 Å². The van der Waals surface area contributed by atoms with E-state index in [-0.39, 0.29) is 0 Å². The zero-order valence-electron chi connectivity index (χ0n) is 12.0. The van der Waals surface area contributed by atoms with Crippen molar-refractivity contribution in [3.63, 3.8) is 0 Å². The number of sulfonamides is 1. The summed E-state index contributed by atoms with van der Waals surface area (Å²) in [5.41, 5.74) is 0.0270. The molecule has 19 heavy (non-hydrogen) atoms. The van der Waals surface area contributed by atoms with Crippen LogP contribution in [0.4, 0.5) is 4.79 Å². The summed E-state index contributed by atoms with van der Waals surface area (Å²) >= 11 is 0. The molecule has 6 nitrogen and oxygen atoms in total. The Morgan fingerprint density at radius 2 is 1.79 bits per heavy atom. The summed E-state index contributed by atoms with van der Waals surface area (Å²) in [4.78, 5) is 11.1. The van der Waals surface area contributed by atoms with Crippen LogP contribution < -0.4 is 4.72 Å². The molecule has 0 saturated heterocycles. The van der Waals surface area contributed by atoms with E-state index >= 15 is 0 Å². The van der Waals surface area contributed by atoms with Crippen molar-refractivity contribution in [2.75, 3.05) is 0 Å². The summed E-state index contributed by atoms with van der Waals surface area (Å²) in [7, 11) is -3.75. The predicted octanol–water partition coefficient (Wildman–Crippen LogP) is 2.10. The van der Waals surface area contributed by atoms with Crippen LogP contribution in [0.1, 0.15) is 47.5 Å². The molecule has 1 aliphatic carbocycles. The van der Waals surface area contributed by atoms with Gasteiger partial charge in [-0.1, -0.05) is 5.57 Å². The van der Waals surface area contributed by atoms with Crippen molar-refractivity contribution in [1.82, 2.24) is 9.62 Å². The van der Waals surface area contributed by atoms with Gasteiger partial charge < -0.3 is 5.11 Å². The lowest BCUT2D eigenvalue weighted by Crippen LogP contribution is -2.57. The first-order chi connectivity index (χ1) is 8.44. The normalized spacial score (nSPS) is 17.5. The predicted molar refractivity (Wildman–Crippen MR) is 73.1 cm³/mol. The molecule has 0 heterocycles. The number of rotatable bonds is 4. The summed E-state index contributed by atoms with van der Waals surface area (Å²) in [6, 6.07) is 0. The quantitative estimate of drug-likeness (QED) is 0.830. The van der Waals surface area contributed by atoms with E-state index in [2.05, 4.69) is 4.72 Å². The van der Waals surface area contributed by atoms with Crippen LogP contribution in [0.15, 0.2) is 11.8 Å². The Morgan fingerprint density at radius 3 is 2.05 bits per heavy atom. The summed E-state index contributed by atoms with van der Waals surface area (Å²) in [6.07, 6.45) is 0.816. The van der Waals surface area contributed by atoms with E-state index in [0.29, 0.717) is 12.8 Å². The Hall–Kier alpha value is -1.24. The summed E-state index contributed by atoms with van der Waals surface area (Å²) in [6.45, 7) is 8.61. The molecule has 110 valence electrons. The standard InChI is InChI=1S/C12H22N2O4S/c1-9(2)8-13-19(17,18)12(6-7-12)14(10(15)16)11(3,4)5/h8,13H,6-7H2,1-5H3,(H,15,16). The van der Waals surface area contributed by atoms with Gasteiger partial charge in [-0.25, -0.2) is 13.2 Å². The molecule has 0 spiro atoms. The van der Waals surface area contributed by atoms with Crippen molar-refractivity contribution >= 4 is 16.1 Å². The fourth-order valence-corrected chi connectivity index (χ4v) is 3.94. The molecule has 1 rings (SSSR count). The highest BCUT2D eigenvalue weighted by atomic mass is 32.2. The monoisotopic (exact) mass is 290 g/mol. The second kappa shape index (κ2) is 4.70. The Morgan fingerprint density at radius 1 is 1.32 bits per heavy atom. The molecule has 0 aromatic rings. The van der Waals surface area contributed by atoms with Gasteiger partial charge in [0, 0.05) is 11.7 Å². The zero-order chi connectivity index (χ0) is 15.1. The molecule has 0 aromatic carbocycles. The second-order valence-electron chi connectivity index (χ2n) is 6.08. The molecule has 7 heteroatoms. The van der Waals surface area contributed by atoms with Crippen molar-refractivity contribution < 1.29 is 18.3 Å². The number of carbonyl (C=O) groups is 1. The minimum absolute atomic E-state index is 0.322. The molecule has 0 radical (unpaired) electrons. The number of hydrogen-bond donors (Lipinski definition) is 2. The first kappa shape index (κ1) is 15.8. The van der Waals surface area contributed by atoms with E-state index in [1.807, 2.05) is 0 Å². The van der Waals surface area contributed by atoms with Crippen molar-refractivity contribution in [2.45, 2.75) is 57.9 Å². The number of nitrogens with zero attached hydrogens (tertiary/aromatic N) is 1. The Bertz CT molecular complexity index is 494. The smallest absolute Gasteiger partial charge is 0.409 e. The van der Waals surface area contributed by atoms with Crippen LogP contribution in [0.25, 0.3) is 0 Å². The van der Waals surface area contributed by atoms with E-state index in [4.69, 9.17) is 0 Å². The molecule has 0 unspecified atom stereocenters. The third kappa shape index (κ3) is 3.02. The lowest BCUT2D eigenvalue weighted by atomic mass is 10.1. The van der Waals surface area contributed by atoms with Gasteiger partial charge in [0.2, 0.25) is 0 Å². The van der Waals surface area contributed by atoms with Crippen LogP contribution in [0.3, 0.4) is 0 Å². The Labute approximate surface area is 114 Å². The minimum atomic E-state index is -3.75. The van der Waals surface area contributed by atoms with Crippen molar-refractivity contribution in [1.29, 1.82) is 0 Å². The minimum Gasteiger partial charge on any atom is -0.465 e. The average Bonchev–Trinajstić information content (AvgIpc) is 2.93. The third-order valence-corrected chi connectivity index (χ3v) is 4.97. The lowest BCUT2D eigenvalue weighted by molar-refractivity contribution is 0.0840. The van der Waals surface area contributed by atoms with Crippen LogP contribution in [-0.4, -0.2) is 34.9 Å². The average molecular weight is 290 g/mol. The van der Waals surface area contributed by atoms with Crippen molar-refractivity contribution in [2.24, 2.45) is 0 Å². The maximum absolute atomic E-state index is 12.4. The maximum atomic E-state index is 12.4. The SMILES string of the molecule is CC(C)=CNS(=O)(=O)C1(N(C(=O)O)C(C)(C)C)CC1. The zero-order valence-corrected chi connectivity index (χ0v) is 12.8. The molecule has 1 amide bonds. The molecular weight excluding hydrogens is 268 g/mol. The van der Waals surface area contributed by atoms with Gasteiger partial charge in [-0.2, -0.15) is 0 Å². The summed E-state index contributed by atoms with van der Waals surface area (Å²) in [5, 5.41) is 9.34.